The first-order chi connectivity index (χ1) is 11.2. The summed E-state index contributed by atoms with van der Waals surface area (Å²) in [5.41, 5.74) is 0.196. The Hall–Kier alpha value is -2.57. The fraction of sp³-hybridized carbons (Fsp3) is 0.438. The molecule has 1 fully saturated rings. The molecule has 0 bridgehead atoms. The van der Waals surface area contributed by atoms with Crippen LogP contribution in [0, 0.1) is 0 Å². The molecule has 0 atom stereocenters. The van der Waals surface area contributed by atoms with E-state index in [1.807, 2.05) is 0 Å². The third kappa shape index (κ3) is 3.28. The lowest BCUT2D eigenvalue weighted by Crippen LogP contribution is -2.21. The van der Waals surface area contributed by atoms with Gasteiger partial charge in [0.05, 0.1) is 12.5 Å². The van der Waals surface area contributed by atoms with E-state index in [2.05, 4.69) is 9.72 Å². The van der Waals surface area contributed by atoms with Crippen molar-refractivity contribution in [3.8, 4) is 5.75 Å². The quantitative estimate of drug-likeness (QED) is 0.800. The number of methoxy groups -OCH3 is 1. The van der Waals surface area contributed by atoms with Crippen molar-refractivity contribution in [2.24, 2.45) is 0 Å². The van der Waals surface area contributed by atoms with Crippen molar-refractivity contribution in [3.05, 3.63) is 24.1 Å². The second kappa shape index (κ2) is 6.68. The molecule has 0 spiro atoms. The van der Waals surface area contributed by atoms with Crippen LogP contribution < -0.4 is 4.74 Å². The number of nitrogens with zero attached hydrogens (tertiary/aromatic N) is 1. The summed E-state index contributed by atoms with van der Waals surface area (Å²) in [6.07, 6.45) is 5.32. The minimum Gasteiger partial charge on any atom is -0.456 e. The van der Waals surface area contributed by atoms with Gasteiger partial charge in [-0.2, -0.15) is 0 Å². The zero-order chi connectivity index (χ0) is 16.2. The zero-order valence-electron chi connectivity index (χ0n) is 12.7. The number of ether oxygens (including phenoxy) is 3. The molecule has 0 saturated heterocycles. The molecule has 7 heteroatoms. The molecular formula is C16H17NO6. The predicted octanol–water partition coefficient (Wildman–Crippen LogP) is 3.46. The maximum Gasteiger partial charge on any atom is 0.513 e. The molecular weight excluding hydrogens is 302 g/mol. The van der Waals surface area contributed by atoms with E-state index in [4.69, 9.17) is 13.9 Å². The molecule has 2 heterocycles. The number of rotatable bonds is 3. The van der Waals surface area contributed by atoms with Crippen LogP contribution in [0.25, 0.3) is 11.1 Å². The Balaban J connectivity index is 1.90. The van der Waals surface area contributed by atoms with Crippen LogP contribution in [0.2, 0.25) is 0 Å². The molecule has 122 valence electrons. The van der Waals surface area contributed by atoms with Gasteiger partial charge in [-0.1, -0.05) is 6.42 Å². The van der Waals surface area contributed by atoms with E-state index in [0.29, 0.717) is 5.39 Å². The van der Waals surface area contributed by atoms with Crippen molar-refractivity contribution < 1.29 is 28.2 Å². The third-order valence-electron chi connectivity index (χ3n) is 3.78. The molecule has 0 N–H and O–H groups in total. The van der Waals surface area contributed by atoms with Crippen LogP contribution in [0.5, 0.6) is 5.75 Å². The van der Waals surface area contributed by atoms with Gasteiger partial charge >= 0.3 is 12.1 Å². The van der Waals surface area contributed by atoms with Crippen LogP contribution in [0.3, 0.4) is 0 Å². The Kier molecular flexibility index (Phi) is 4.45. The predicted molar refractivity (Wildman–Crippen MR) is 79.3 cm³/mol. The van der Waals surface area contributed by atoms with E-state index < -0.39 is 12.1 Å². The molecule has 0 radical (unpaired) electrons. The van der Waals surface area contributed by atoms with Gasteiger partial charge in [-0.3, -0.25) is 0 Å². The number of esters is 1. The normalized spacial score (nSPS) is 15.3. The lowest BCUT2D eigenvalue weighted by molar-refractivity contribution is 0.0174. The van der Waals surface area contributed by atoms with Gasteiger partial charge in [0, 0.05) is 6.20 Å². The van der Waals surface area contributed by atoms with Crippen molar-refractivity contribution in [1.29, 1.82) is 0 Å². The SMILES string of the molecule is COC(=O)Oc1c(C(=O)OC2CCCCC2)oc2ncccc12. The lowest BCUT2D eigenvalue weighted by atomic mass is 9.98. The summed E-state index contributed by atoms with van der Waals surface area (Å²) in [5.74, 6) is -0.857. The fourth-order valence-corrected chi connectivity index (χ4v) is 2.66. The highest BCUT2D eigenvalue weighted by molar-refractivity contribution is 5.98. The number of aromatic nitrogens is 1. The van der Waals surface area contributed by atoms with Gasteiger partial charge in [-0.05, 0) is 37.8 Å². The van der Waals surface area contributed by atoms with Crippen molar-refractivity contribution in [2.45, 2.75) is 38.2 Å². The van der Waals surface area contributed by atoms with E-state index in [1.54, 1.807) is 12.1 Å². The molecule has 2 aromatic rings. The molecule has 0 aliphatic heterocycles. The monoisotopic (exact) mass is 319 g/mol. The summed E-state index contributed by atoms with van der Waals surface area (Å²) in [4.78, 5) is 27.8. The van der Waals surface area contributed by atoms with E-state index in [0.717, 1.165) is 32.1 Å². The van der Waals surface area contributed by atoms with Crippen LogP contribution in [-0.2, 0) is 9.47 Å². The summed E-state index contributed by atoms with van der Waals surface area (Å²) in [5, 5.41) is 0.411. The number of hydrogen-bond acceptors (Lipinski definition) is 7. The van der Waals surface area contributed by atoms with E-state index in [1.165, 1.54) is 13.3 Å². The highest BCUT2D eigenvalue weighted by Crippen LogP contribution is 2.33. The molecule has 2 aromatic heterocycles. The molecule has 1 aliphatic carbocycles. The van der Waals surface area contributed by atoms with E-state index in [9.17, 15) is 9.59 Å². The van der Waals surface area contributed by atoms with Gasteiger partial charge in [0.25, 0.3) is 5.76 Å². The van der Waals surface area contributed by atoms with Gasteiger partial charge in [0.1, 0.15) is 6.10 Å². The van der Waals surface area contributed by atoms with Crippen LogP contribution >= 0.6 is 0 Å². The Morgan fingerprint density at radius 1 is 1.26 bits per heavy atom. The summed E-state index contributed by atoms with van der Waals surface area (Å²) < 4.78 is 20.4. The number of carbonyl (C=O) groups is 2. The lowest BCUT2D eigenvalue weighted by Gasteiger charge is -2.21. The third-order valence-corrected chi connectivity index (χ3v) is 3.78. The van der Waals surface area contributed by atoms with Crippen molar-refractivity contribution >= 4 is 23.2 Å². The molecule has 3 rings (SSSR count). The number of pyridine rings is 1. The first-order valence-corrected chi connectivity index (χ1v) is 7.53. The summed E-state index contributed by atoms with van der Waals surface area (Å²) >= 11 is 0. The van der Waals surface area contributed by atoms with Gasteiger partial charge in [0.2, 0.25) is 5.71 Å². The highest BCUT2D eigenvalue weighted by Gasteiger charge is 2.28. The molecule has 0 unspecified atom stereocenters. The number of fused-ring (bicyclic) bond motifs is 1. The van der Waals surface area contributed by atoms with Crippen molar-refractivity contribution in [1.82, 2.24) is 4.98 Å². The summed E-state index contributed by atoms with van der Waals surface area (Å²) in [6, 6.07) is 3.29. The number of hydrogen-bond donors (Lipinski definition) is 0. The smallest absolute Gasteiger partial charge is 0.456 e. The maximum atomic E-state index is 12.4. The molecule has 7 nitrogen and oxygen atoms in total. The molecule has 1 aliphatic rings. The molecule has 0 aromatic carbocycles. The van der Waals surface area contributed by atoms with Crippen LogP contribution in [0.15, 0.2) is 22.7 Å². The number of furan rings is 1. The van der Waals surface area contributed by atoms with Gasteiger partial charge in [-0.25, -0.2) is 14.6 Å². The second-order valence-corrected chi connectivity index (χ2v) is 5.34. The van der Waals surface area contributed by atoms with E-state index in [-0.39, 0.29) is 23.3 Å². The Bertz CT molecular complexity index is 716. The molecule has 1 saturated carbocycles. The van der Waals surface area contributed by atoms with E-state index >= 15 is 0 Å². The maximum absolute atomic E-state index is 12.4. The highest BCUT2D eigenvalue weighted by atomic mass is 16.7. The van der Waals surface area contributed by atoms with Crippen molar-refractivity contribution in [3.63, 3.8) is 0 Å². The fourth-order valence-electron chi connectivity index (χ4n) is 2.66. The topological polar surface area (TPSA) is 87.9 Å². The first-order valence-electron chi connectivity index (χ1n) is 7.53. The molecule has 0 amide bonds. The number of carbonyl (C=O) groups excluding carboxylic acids is 2. The molecule has 23 heavy (non-hydrogen) atoms. The first kappa shape index (κ1) is 15.3. The Morgan fingerprint density at radius 2 is 2.04 bits per heavy atom. The Morgan fingerprint density at radius 3 is 2.78 bits per heavy atom. The van der Waals surface area contributed by atoms with Gasteiger partial charge in [0.15, 0.2) is 5.75 Å². The van der Waals surface area contributed by atoms with Gasteiger partial charge in [-0.15, -0.1) is 0 Å². The van der Waals surface area contributed by atoms with Crippen LogP contribution in [0.1, 0.15) is 42.7 Å². The standard InChI is InChI=1S/C16H17NO6/c1-20-16(19)23-12-11-8-5-9-17-14(11)22-13(12)15(18)21-10-6-3-2-4-7-10/h5,8-10H,2-4,6-7H2,1H3. The van der Waals surface area contributed by atoms with Crippen molar-refractivity contribution in [2.75, 3.05) is 7.11 Å². The Labute approximate surface area is 132 Å². The van der Waals surface area contributed by atoms with Crippen LogP contribution in [-0.4, -0.2) is 30.3 Å². The summed E-state index contributed by atoms with van der Waals surface area (Å²) in [6.45, 7) is 0. The minimum atomic E-state index is -0.941. The average molecular weight is 319 g/mol. The van der Waals surface area contributed by atoms with Gasteiger partial charge < -0.3 is 18.6 Å². The summed E-state index contributed by atoms with van der Waals surface area (Å²) in [7, 11) is 1.18. The zero-order valence-corrected chi connectivity index (χ0v) is 12.7. The average Bonchev–Trinajstić information content (AvgIpc) is 2.94. The minimum absolute atomic E-state index is 0.0271. The van der Waals surface area contributed by atoms with Crippen LogP contribution in [0.4, 0.5) is 4.79 Å². The second-order valence-electron chi connectivity index (χ2n) is 5.34. The largest absolute Gasteiger partial charge is 0.513 e.